The summed E-state index contributed by atoms with van der Waals surface area (Å²) < 4.78 is 3.86. The normalized spacial score (nSPS) is 13.6. The first-order valence-electron chi connectivity index (χ1n) is 12.6. The van der Waals surface area contributed by atoms with E-state index in [9.17, 15) is 0 Å². The van der Waals surface area contributed by atoms with Crippen LogP contribution in [0.3, 0.4) is 0 Å². The Bertz CT molecular complexity index is 1590. The van der Waals surface area contributed by atoms with Crippen molar-refractivity contribution < 1.29 is 0 Å². The number of hydrogen-bond donors (Lipinski definition) is 0. The second-order valence-electron chi connectivity index (χ2n) is 9.59. The lowest BCUT2D eigenvalue weighted by molar-refractivity contribution is 0.458. The molecule has 0 saturated heterocycles. The van der Waals surface area contributed by atoms with Gasteiger partial charge >= 0.3 is 0 Å². The number of nitrogens with zero attached hydrogens (tertiary/aromatic N) is 6. The molecule has 0 spiro atoms. The fraction of sp³-hybridized carbons (Fsp3) is 0.125. The molecule has 0 radical (unpaired) electrons. The molecule has 2 unspecified atom stereocenters. The van der Waals surface area contributed by atoms with Crippen molar-refractivity contribution in [1.82, 2.24) is 29.5 Å². The lowest BCUT2D eigenvalue weighted by atomic mass is 9.76. The van der Waals surface area contributed by atoms with Gasteiger partial charge in [-0.25, -0.2) is 19.3 Å². The lowest BCUT2D eigenvalue weighted by Gasteiger charge is -2.36. The Morgan fingerprint density at radius 2 is 1.05 bits per heavy atom. The zero-order valence-electron chi connectivity index (χ0n) is 21.4. The maximum absolute atomic E-state index is 4.68. The fourth-order valence-corrected chi connectivity index (χ4v) is 5.26. The highest BCUT2D eigenvalue weighted by atomic mass is 15.4. The number of hydrogen-bond acceptors (Lipinski definition) is 4. The molecule has 0 aliphatic heterocycles. The van der Waals surface area contributed by atoms with Crippen LogP contribution in [0.1, 0.15) is 45.0 Å². The van der Waals surface area contributed by atoms with Crippen LogP contribution in [0.15, 0.2) is 128 Å². The van der Waals surface area contributed by atoms with E-state index >= 15 is 0 Å². The van der Waals surface area contributed by atoms with Gasteiger partial charge in [0.05, 0.1) is 0 Å². The summed E-state index contributed by atoms with van der Waals surface area (Å²) in [7, 11) is 0. The Balaban J connectivity index is 1.55. The van der Waals surface area contributed by atoms with Crippen molar-refractivity contribution >= 4 is 0 Å². The van der Waals surface area contributed by atoms with Gasteiger partial charge in [-0.3, -0.25) is 0 Å². The molecule has 0 N–H and O–H groups in total. The Kier molecular flexibility index (Phi) is 6.14. The van der Waals surface area contributed by atoms with Crippen molar-refractivity contribution in [2.24, 2.45) is 0 Å². The van der Waals surface area contributed by atoms with Crippen molar-refractivity contribution in [2.45, 2.75) is 25.4 Å². The van der Waals surface area contributed by atoms with Crippen LogP contribution in [0.25, 0.3) is 0 Å². The van der Waals surface area contributed by atoms with Gasteiger partial charge in [-0.1, -0.05) is 114 Å². The summed E-state index contributed by atoms with van der Waals surface area (Å²) in [6.45, 7) is 4.20. The van der Waals surface area contributed by atoms with Crippen molar-refractivity contribution in [3.8, 4) is 0 Å². The van der Waals surface area contributed by atoms with E-state index in [0.717, 1.165) is 27.8 Å². The SMILES string of the molecule is Cc1ccc(C(c2ccc(C(c3ccccc3)(c3ccc(C)cc3)n3cncn3)cc2)n2cncn2)cc1. The summed E-state index contributed by atoms with van der Waals surface area (Å²) in [5, 5.41) is 9.17. The summed E-state index contributed by atoms with van der Waals surface area (Å²) >= 11 is 0. The van der Waals surface area contributed by atoms with Gasteiger partial charge in [0.1, 0.15) is 36.9 Å². The molecule has 0 aliphatic rings. The maximum atomic E-state index is 4.68. The van der Waals surface area contributed by atoms with Crippen LogP contribution in [-0.2, 0) is 5.54 Å². The first kappa shape index (κ1) is 23.6. The molecule has 6 aromatic rings. The van der Waals surface area contributed by atoms with Crippen molar-refractivity contribution in [3.05, 3.63) is 167 Å². The predicted octanol–water partition coefficient (Wildman–Crippen LogP) is 5.96. The molecule has 0 amide bonds. The quantitative estimate of drug-likeness (QED) is 0.256. The van der Waals surface area contributed by atoms with Gasteiger partial charge in [0.25, 0.3) is 0 Å². The van der Waals surface area contributed by atoms with Crippen molar-refractivity contribution in [1.29, 1.82) is 0 Å². The van der Waals surface area contributed by atoms with Gasteiger partial charge in [0, 0.05) is 0 Å². The van der Waals surface area contributed by atoms with Gasteiger partial charge in [0.15, 0.2) is 0 Å². The molecule has 0 fully saturated rings. The molecule has 6 rings (SSSR count). The highest BCUT2D eigenvalue weighted by molar-refractivity contribution is 5.51. The first-order chi connectivity index (χ1) is 18.7. The minimum Gasteiger partial charge on any atom is -0.241 e. The third-order valence-corrected chi connectivity index (χ3v) is 7.16. The van der Waals surface area contributed by atoms with Crippen LogP contribution >= 0.6 is 0 Å². The number of aryl methyl sites for hydroxylation is 2. The van der Waals surface area contributed by atoms with E-state index < -0.39 is 5.54 Å². The van der Waals surface area contributed by atoms with E-state index in [4.69, 9.17) is 0 Å². The van der Waals surface area contributed by atoms with Crippen LogP contribution in [0, 0.1) is 13.8 Å². The highest BCUT2D eigenvalue weighted by Crippen LogP contribution is 2.41. The minimum atomic E-state index is -0.698. The first-order valence-corrected chi connectivity index (χ1v) is 12.6. The molecule has 2 heterocycles. The molecule has 0 bridgehead atoms. The van der Waals surface area contributed by atoms with Gasteiger partial charge < -0.3 is 0 Å². The highest BCUT2D eigenvalue weighted by Gasteiger charge is 2.39. The standard InChI is InChI=1S/C32H28N6/c1-24-8-12-26(13-9-24)31(37-22-33-20-35-37)27-14-18-30(19-15-27)32(38-23-34-21-36-38,28-6-4-3-5-7-28)29-16-10-25(2)11-17-29/h3-23,31H,1-2H3. The Labute approximate surface area is 222 Å². The van der Waals surface area contributed by atoms with Crippen LogP contribution in [0.2, 0.25) is 0 Å². The smallest absolute Gasteiger partial charge is 0.139 e. The molecule has 2 atom stereocenters. The zero-order valence-corrected chi connectivity index (χ0v) is 21.4. The molecule has 6 heteroatoms. The largest absolute Gasteiger partial charge is 0.241 e. The van der Waals surface area contributed by atoms with Crippen LogP contribution in [-0.4, -0.2) is 29.5 Å². The molecule has 0 saturated carbocycles. The molecule has 4 aromatic carbocycles. The van der Waals surface area contributed by atoms with Crippen LogP contribution in [0.5, 0.6) is 0 Å². The van der Waals surface area contributed by atoms with E-state index in [-0.39, 0.29) is 6.04 Å². The van der Waals surface area contributed by atoms with E-state index in [1.807, 2.05) is 15.4 Å². The zero-order chi connectivity index (χ0) is 26.0. The van der Waals surface area contributed by atoms with E-state index in [0.29, 0.717) is 0 Å². The van der Waals surface area contributed by atoms with E-state index in [1.165, 1.54) is 11.1 Å². The molecule has 38 heavy (non-hydrogen) atoms. The average molecular weight is 497 g/mol. The Morgan fingerprint density at radius 3 is 1.61 bits per heavy atom. The fourth-order valence-electron chi connectivity index (χ4n) is 5.26. The molecule has 186 valence electrons. The van der Waals surface area contributed by atoms with Crippen molar-refractivity contribution in [2.75, 3.05) is 0 Å². The van der Waals surface area contributed by atoms with Gasteiger partial charge in [-0.2, -0.15) is 10.2 Å². The molecular weight excluding hydrogens is 468 g/mol. The van der Waals surface area contributed by atoms with Gasteiger partial charge in [-0.15, -0.1) is 0 Å². The molecular formula is C32H28N6. The topological polar surface area (TPSA) is 61.4 Å². The van der Waals surface area contributed by atoms with Crippen LogP contribution in [0.4, 0.5) is 0 Å². The molecule has 0 aliphatic carbocycles. The molecule has 6 nitrogen and oxygen atoms in total. The second kappa shape index (κ2) is 9.90. The maximum Gasteiger partial charge on any atom is 0.139 e. The summed E-state index contributed by atoms with van der Waals surface area (Å²) in [6, 6.07) is 36.4. The monoisotopic (exact) mass is 496 g/mol. The summed E-state index contributed by atoms with van der Waals surface area (Å²) in [4.78, 5) is 8.56. The third kappa shape index (κ3) is 4.10. The number of rotatable bonds is 7. The molecule has 2 aromatic heterocycles. The second-order valence-corrected chi connectivity index (χ2v) is 9.59. The third-order valence-electron chi connectivity index (χ3n) is 7.16. The Morgan fingerprint density at radius 1 is 0.553 bits per heavy atom. The van der Waals surface area contributed by atoms with Gasteiger partial charge in [-0.05, 0) is 41.7 Å². The lowest BCUT2D eigenvalue weighted by Crippen LogP contribution is -2.38. The van der Waals surface area contributed by atoms with Gasteiger partial charge in [0.2, 0.25) is 0 Å². The summed E-state index contributed by atoms with van der Waals surface area (Å²) in [5.41, 5.74) is 7.30. The van der Waals surface area contributed by atoms with Crippen molar-refractivity contribution in [3.63, 3.8) is 0 Å². The van der Waals surface area contributed by atoms with E-state index in [1.54, 1.807) is 25.3 Å². The number of aromatic nitrogens is 6. The predicted molar refractivity (Wildman–Crippen MR) is 148 cm³/mol. The summed E-state index contributed by atoms with van der Waals surface area (Å²) in [6.07, 6.45) is 6.75. The number of benzene rings is 4. The Hall–Kier alpha value is -4.84. The average Bonchev–Trinajstić information content (AvgIpc) is 3.69. The summed E-state index contributed by atoms with van der Waals surface area (Å²) in [5.74, 6) is 0. The minimum absolute atomic E-state index is 0.0935. The van der Waals surface area contributed by atoms with E-state index in [2.05, 4.69) is 131 Å². The van der Waals surface area contributed by atoms with Crippen LogP contribution < -0.4 is 0 Å².